The Labute approximate surface area is 119 Å². The van der Waals surface area contributed by atoms with Gasteiger partial charge in [0, 0.05) is 30.2 Å². The van der Waals surface area contributed by atoms with E-state index in [2.05, 4.69) is 35.4 Å². The highest BCUT2D eigenvalue weighted by Gasteiger charge is 2.71. The lowest BCUT2D eigenvalue weighted by Crippen LogP contribution is -2.42. The smallest absolute Gasteiger partial charge is 0.239 e. The van der Waals surface area contributed by atoms with Gasteiger partial charge in [-0.05, 0) is 19.1 Å². The van der Waals surface area contributed by atoms with E-state index < -0.39 is 5.79 Å². The third-order valence-corrected chi connectivity index (χ3v) is 4.36. The normalized spacial score (nSPS) is 28.6. The first-order valence-electron chi connectivity index (χ1n) is 6.87. The summed E-state index contributed by atoms with van der Waals surface area (Å²) in [5, 5.41) is 11.7. The number of methoxy groups -OCH3 is 1. The van der Waals surface area contributed by atoms with Crippen molar-refractivity contribution < 1.29 is 14.4 Å². The average molecular weight is 270 g/mol. The summed E-state index contributed by atoms with van der Waals surface area (Å²) in [5.41, 5.74) is 3.11. The zero-order valence-electron chi connectivity index (χ0n) is 12.1. The summed E-state index contributed by atoms with van der Waals surface area (Å²) in [4.78, 5) is 0. The number of aliphatic hydroxyl groups is 1. The first-order chi connectivity index (χ1) is 9.50. The van der Waals surface area contributed by atoms with Crippen molar-refractivity contribution in [2.75, 3.05) is 7.11 Å². The highest BCUT2D eigenvalue weighted by Crippen LogP contribution is 2.52. The number of hydrogen-bond donors (Lipinski definition) is 1. The van der Waals surface area contributed by atoms with Crippen LogP contribution < -0.4 is 4.57 Å². The van der Waals surface area contributed by atoms with Gasteiger partial charge in [-0.2, -0.15) is 4.57 Å². The first kappa shape index (κ1) is 13.3. The monoisotopic (exact) mass is 270 g/mol. The van der Waals surface area contributed by atoms with Gasteiger partial charge in [-0.15, -0.1) is 0 Å². The molecule has 1 saturated carbocycles. The Bertz CT molecular complexity index is 694. The molecule has 104 valence electrons. The van der Waals surface area contributed by atoms with Gasteiger partial charge in [0.15, 0.2) is 0 Å². The fraction of sp³-hybridized carbons (Fsp3) is 0.353. The molecule has 20 heavy (non-hydrogen) atoms. The average Bonchev–Trinajstić information content (AvgIpc) is 2.99. The van der Waals surface area contributed by atoms with Crippen LogP contribution in [-0.4, -0.2) is 18.0 Å². The van der Waals surface area contributed by atoms with E-state index in [0.29, 0.717) is 0 Å². The van der Waals surface area contributed by atoms with Crippen LogP contribution in [0.1, 0.15) is 25.6 Å². The van der Waals surface area contributed by atoms with E-state index in [9.17, 15) is 5.11 Å². The van der Waals surface area contributed by atoms with Gasteiger partial charge in [-0.25, -0.2) is 0 Å². The third-order valence-electron chi connectivity index (χ3n) is 4.36. The van der Waals surface area contributed by atoms with Gasteiger partial charge in [0.05, 0.1) is 5.92 Å². The number of benzene rings is 1. The number of fused-ring (bicyclic) bond motifs is 1. The minimum Gasteiger partial charge on any atom is -0.360 e. The van der Waals surface area contributed by atoms with Crippen molar-refractivity contribution in [2.45, 2.75) is 25.7 Å². The number of nitrogens with zero attached hydrogens (tertiary/aromatic N) is 1. The van der Waals surface area contributed by atoms with Crippen molar-refractivity contribution >= 4 is 16.5 Å². The SMILES string of the molecule is C=C(C)c1ccc2ccccc2[n+]1C1C(C)C1(O)OC. The zero-order valence-corrected chi connectivity index (χ0v) is 12.1. The Hall–Kier alpha value is -1.71. The zero-order chi connectivity index (χ0) is 14.5. The second kappa shape index (κ2) is 4.40. The van der Waals surface area contributed by atoms with Crippen molar-refractivity contribution in [1.82, 2.24) is 0 Å². The molecule has 0 bridgehead atoms. The van der Waals surface area contributed by atoms with E-state index in [4.69, 9.17) is 4.74 Å². The molecule has 3 unspecified atom stereocenters. The molecule has 2 aromatic rings. The van der Waals surface area contributed by atoms with E-state index >= 15 is 0 Å². The van der Waals surface area contributed by atoms with Gasteiger partial charge in [0.2, 0.25) is 23.0 Å². The van der Waals surface area contributed by atoms with E-state index in [1.165, 1.54) is 0 Å². The molecule has 1 fully saturated rings. The molecule has 3 atom stereocenters. The fourth-order valence-electron chi connectivity index (χ4n) is 3.08. The summed E-state index contributed by atoms with van der Waals surface area (Å²) in [7, 11) is 1.56. The molecule has 0 radical (unpaired) electrons. The maximum atomic E-state index is 10.5. The Kier molecular flexibility index (Phi) is 2.92. The summed E-state index contributed by atoms with van der Waals surface area (Å²) in [6, 6.07) is 12.3. The molecular formula is C17H20NO2+. The maximum Gasteiger partial charge on any atom is 0.239 e. The van der Waals surface area contributed by atoms with Crippen LogP contribution in [0, 0.1) is 5.92 Å². The predicted octanol–water partition coefficient (Wildman–Crippen LogP) is 2.69. The van der Waals surface area contributed by atoms with Gasteiger partial charge < -0.3 is 9.84 Å². The molecule has 1 aromatic heterocycles. The van der Waals surface area contributed by atoms with Crippen LogP contribution >= 0.6 is 0 Å². The molecule has 0 aliphatic heterocycles. The summed E-state index contributed by atoms with van der Waals surface area (Å²) in [5.74, 6) is -1.03. The molecule has 3 heteroatoms. The second-order valence-electron chi connectivity index (χ2n) is 5.62. The third kappa shape index (κ3) is 1.70. The second-order valence-corrected chi connectivity index (χ2v) is 5.62. The molecule has 0 spiro atoms. The van der Waals surface area contributed by atoms with E-state index in [1.807, 2.05) is 26.0 Å². The van der Waals surface area contributed by atoms with Crippen molar-refractivity contribution in [3.05, 3.63) is 48.7 Å². The maximum absolute atomic E-state index is 10.5. The number of hydrogen-bond acceptors (Lipinski definition) is 2. The molecule has 1 aliphatic carbocycles. The quantitative estimate of drug-likeness (QED) is 0.687. The summed E-state index contributed by atoms with van der Waals surface area (Å²) < 4.78 is 7.48. The highest BCUT2D eigenvalue weighted by molar-refractivity contribution is 5.77. The van der Waals surface area contributed by atoms with Crippen LogP contribution in [0.2, 0.25) is 0 Å². The molecule has 1 N–H and O–H groups in total. The lowest BCUT2D eigenvalue weighted by molar-refractivity contribution is -0.690. The van der Waals surface area contributed by atoms with Crippen LogP contribution in [0.5, 0.6) is 0 Å². The van der Waals surface area contributed by atoms with Crippen LogP contribution in [0.25, 0.3) is 16.5 Å². The molecule has 0 amide bonds. The number of para-hydroxylation sites is 1. The molecular weight excluding hydrogens is 250 g/mol. The number of pyridine rings is 1. The van der Waals surface area contributed by atoms with Gasteiger partial charge in [0.25, 0.3) is 0 Å². The van der Waals surface area contributed by atoms with Crippen molar-refractivity contribution in [3.8, 4) is 0 Å². The van der Waals surface area contributed by atoms with Crippen molar-refractivity contribution in [1.29, 1.82) is 0 Å². The molecule has 3 nitrogen and oxygen atoms in total. The molecule has 0 saturated heterocycles. The molecule has 1 heterocycles. The highest BCUT2D eigenvalue weighted by atomic mass is 16.6. The van der Waals surface area contributed by atoms with Gasteiger partial charge >= 0.3 is 0 Å². The summed E-state index contributed by atoms with van der Waals surface area (Å²) in [6.07, 6.45) is 0. The predicted molar refractivity (Wildman–Crippen MR) is 79.0 cm³/mol. The minimum atomic E-state index is -1.08. The fourth-order valence-corrected chi connectivity index (χ4v) is 3.08. The van der Waals surface area contributed by atoms with E-state index in [1.54, 1.807) is 7.11 Å². The minimum absolute atomic E-state index is 0.0569. The summed E-state index contributed by atoms with van der Waals surface area (Å²) in [6.45, 7) is 8.05. The lowest BCUT2D eigenvalue weighted by atomic mass is 10.1. The lowest BCUT2D eigenvalue weighted by Gasteiger charge is -2.09. The number of aromatic nitrogens is 1. The Morgan fingerprint density at radius 1 is 1.30 bits per heavy atom. The van der Waals surface area contributed by atoms with E-state index in [0.717, 1.165) is 22.2 Å². The van der Waals surface area contributed by atoms with Crippen LogP contribution in [0.3, 0.4) is 0 Å². The number of allylic oxidation sites excluding steroid dienone is 1. The Morgan fingerprint density at radius 3 is 2.60 bits per heavy atom. The standard InChI is InChI=1S/C17H20NO2/c1-11(2)14-10-9-13-7-5-6-8-15(13)18(14)16-12(3)17(16,19)20-4/h5-10,12,16,19H,1H2,2-4H3/q+1. The van der Waals surface area contributed by atoms with Crippen molar-refractivity contribution in [3.63, 3.8) is 0 Å². The molecule has 1 aromatic carbocycles. The van der Waals surface area contributed by atoms with Crippen LogP contribution in [0.4, 0.5) is 0 Å². The Morgan fingerprint density at radius 2 is 2.00 bits per heavy atom. The first-order valence-corrected chi connectivity index (χ1v) is 6.87. The molecule has 1 aliphatic rings. The van der Waals surface area contributed by atoms with Crippen molar-refractivity contribution in [2.24, 2.45) is 5.92 Å². The van der Waals surface area contributed by atoms with E-state index in [-0.39, 0.29) is 12.0 Å². The van der Waals surface area contributed by atoms with Gasteiger partial charge in [0.1, 0.15) is 0 Å². The number of rotatable bonds is 3. The number of ether oxygens (including phenoxy) is 1. The summed E-state index contributed by atoms with van der Waals surface area (Å²) >= 11 is 0. The topological polar surface area (TPSA) is 33.3 Å². The van der Waals surface area contributed by atoms with Crippen LogP contribution in [0.15, 0.2) is 43.0 Å². The Balaban J connectivity index is 2.27. The largest absolute Gasteiger partial charge is 0.360 e. The van der Waals surface area contributed by atoms with Crippen LogP contribution in [-0.2, 0) is 4.74 Å². The molecule has 3 rings (SSSR count). The van der Waals surface area contributed by atoms with Gasteiger partial charge in [-0.1, -0.05) is 25.6 Å². The van der Waals surface area contributed by atoms with Gasteiger partial charge in [-0.3, -0.25) is 0 Å².